The van der Waals surface area contributed by atoms with Crippen LogP contribution in [0, 0.1) is 5.92 Å². The standard InChI is InChI=1S/C9H19N5O/c1-8(2)4-6-15-7-5-10-9-11-12-13-14(9)3/h8H,4-7H2,1-3H3,(H,10,11,13). The molecule has 6 nitrogen and oxygen atoms in total. The van der Waals surface area contributed by atoms with Gasteiger partial charge < -0.3 is 10.1 Å². The second-order valence-corrected chi connectivity index (χ2v) is 3.85. The van der Waals surface area contributed by atoms with Crippen LogP contribution in [0.5, 0.6) is 0 Å². The Bertz CT molecular complexity index is 273. The summed E-state index contributed by atoms with van der Waals surface area (Å²) in [6, 6.07) is 0. The highest BCUT2D eigenvalue weighted by atomic mass is 16.5. The van der Waals surface area contributed by atoms with E-state index in [4.69, 9.17) is 4.74 Å². The van der Waals surface area contributed by atoms with Crippen LogP contribution in [0.15, 0.2) is 0 Å². The molecule has 0 atom stereocenters. The maximum atomic E-state index is 5.44. The molecular formula is C9H19N5O. The SMILES string of the molecule is CC(C)CCOCCNc1nnnn1C. The zero-order valence-corrected chi connectivity index (χ0v) is 9.60. The minimum Gasteiger partial charge on any atom is -0.380 e. The molecule has 0 bridgehead atoms. The number of aryl methyl sites for hydroxylation is 1. The molecule has 0 aromatic carbocycles. The van der Waals surface area contributed by atoms with Crippen molar-refractivity contribution in [3.05, 3.63) is 0 Å². The van der Waals surface area contributed by atoms with Crippen LogP contribution >= 0.6 is 0 Å². The average Bonchev–Trinajstić information content (AvgIpc) is 2.57. The minimum absolute atomic E-state index is 0.669. The Morgan fingerprint density at radius 1 is 1.40 bits per heavy atom. The van der Waals surface area contributed by atoms with Gasteiger partial charge in [0.1, 0.15) is 0 Å². The van der Waals surface area contributed by atoms with Gasteiger partial charge in [0.2, 0.25) is 5.95 Å². The maximum absolute atomic E-state index is 5.44. The predicted molar refractivity (Wildman–Crippen MR) is 57.6 cm³/mol. The summed E-state index contributed by atoms with van der Waals surface area (Å²) in [7, 11) is 1.79. The number of tetrazole rings is 1. The fraction of sp³-hybridized carbons (Fsp3) is 0.889. The van der Waals surface area contributed by atoms with E-state index in [-0.39, 0.29) is 0 Å². The molecule has 0 saturated heterocycles. The van der Waals surface area contributed by atoms with Crippen LogP contribution in [0.25, 0.3) is 0 Å². The zero-order chi connectivity index (χ0) is 11.1. The summed E-state index contributed by atoms with van der Waals surface area (Å²) in [6.07, 6.45) is 1.10. The molecule has 0 unspecified atom stereocenters. The molecule has 6 heteroatoms. The van der Waals surface area contributed by atoms with Crippen molar-refractivity contribution >= 4 is 5.95 Å². The highest BCUT2D eigenvalue weighted by molar-refractivity contribution is 5.20. The van der Waals surface area contributed by atoms with Crippen LogP contribution in [0.1, 0.15) is 20.3 Å². The molecule has 1 N–H and O–H groups in total. The maximum Gasteiger partial charge on any atom is 0.242 e. The number of aromatic nitrogens is 4. The first kappa shape index (κ1) is 11.9. The Labute approximate surface area is 90.0 Å². The van der Waals surface area contributed by atoms with E-state index in [1.54, 1.807) is 11.7 Å². The molecule has 0 amide bonds. The third kappa shape index (κ3) is 4.73. The first-order valence-electron chi connectivity index (χ1n) is 5.24. The molecule has 0 aliphatic heterocycles. The van der Waals surface area contributed by atoms with E-state index in [0.717, 1.165) is 19.6 Å². The van der Waals surface area contributed by atoms with Gasteiger partial charge in [0.25, 0.3) is 0 Å². The summed E-state index contributed by atoms with van der Waals surface area (Å²) in [5.41, 5.74) is 0. The van der Waals surface area contributed by atoms with Gasteiger partial charge in [-0.05, 0) is 22.8 Å². The Morgan fingerprint density at radius 3 is 2.80 bits per heavy atom. The lowest BCUT2D eigenvalue weighted by Gasteiger charge is -2.07. The lowest BCUT2D eigenvalue weighted by molar-refractivity contribution is 0.132. The van der Waals surface area contributed by atoms with Crippen molar-refractivity contribution < 1.29 is 4.74 Å². The lowest BCUT2D eigenvalue weighted by atomic mass is 10.1. The van der Waals surface area contributed by atoms with E-state index in [9.17, 15) is 0 Å². The molecule has 0 fully saturated rings. The number of nitrogens with zero attached hydrogens (tertiary/aromatic N) is 4. The summed E-state index contributed by atoms with van der Waals surface area (Å²) in [5.74, 6) is 1.36. The van der Waals surface area contributed by atoms with Crippen molar-refractivity contribution in [1.82, 2.24) is 20.2 Å². The van der Waals surface area contributed by atoms with Crippen molar-refractivity contribution in [3.63, 3.8) is 0 Å². The van der Waals surface area contributed by atoms with Gasteiger partial charge in [-0.2, -0.15) is 0 Å². The molecule has 0 saturated carbocycles. The largest absolute Gasteiger partial charge is 0.380 e. The summed E-state index contributed by atoms with van der Waals surface area (Å²) < 4.78 is 7.03. The van der Waals surface area contributed by atoms with Crippen molar-refractivity contribution in [2.75, 3.05) is 25.1 Å². The second-order valence-electron chi connectivity index (χ2n) is 3.85. The molecule has 0 radical (unpaired) electrons. The average molecular weight is 213 g/mol. The van der Waals surface area contributed by atoms with Crippen LogP contribution in [-0.4, -0.2) is 40.0 Å². The number of ether oxygens (including phenoxy) is 1. The molecule has 15 heavy (non-hydrogen) atoms. The number of nitrogens with one attached hydrogen (secondary N) is 1. The van der Waals surface area contributed by atoms with E-state index in [1.807, 2.05) is 0 Å². The van der Waals surface area contributed by atoms with E-state index >= 15 is 0 Å². The van der Waals surface area contributed by atoms with E-state index in [2.05, 4.69) is 34.7 Å². The highest BCUT2D eigenvalue weighted by Gasteiger charge is 1.99. The predicted octanol–water partition coefficient (Wildman–Crippen LogP) is 0.685. The summed E-state index contributed by atoms with van der Waals surface area (Å²) in [6.45, 7) is 6.60. The van der Waals surface area contributed by atoms with E-state index in [1.165, 1.54) is 0 Å². The van der Waals surface area contributed by atoms with Gasteiger partial charge >= 0.3 is 0 Å². The fourth-order valence-corrected chi connectivity index (χ4v) is 1.04. The molecule has 86 valence electrons. The van der Waals surface area contributed by atoms with Crippen LogP contribution in [-0.2, 0) is 11.8 Å². The molecule has 1 aromatic heterocycles. The molecule has 1 heterocycles. The van der Waals surface area contributed by atoms with Crippen molar-refractivity contribution in [2.24, 2.45) is 13.0 Å². The van der Waals surface area contributed by atoms with Gasteiger partial charge in [0.15, 0.2) is 0 Å². The van der Waals surface area contributed by atoms with Crippen molar-refractivity contribution in [2.45, 2.75) is 20.3 Å². The summed E-state index contributed by atoms with van der Waals surface area (Å²) in [4.78, 5) is 0. The molecule has 0 spiro atoms. The van der Waals surface area contributed by atoms with E-state index in [0.29, 0.717) is 18.5 Å². The number of hydrogen-bond donors (Lipinski definition) is 1. The second kappa shape index (κ2) is 6.34. The number of rotatable bonds is 7. The highest BCUT2D eigenvalue weighted by Crippen LogP contribution is 1.99. The topological polar surface area (TPSA) is 64.9 Å². The van der Waals surface area contributed by atoms with Gasteiger partial charge in [-0.15, -0.1) is 0 Å². The first-order valence-corrected chi connectivity index (χ1v) is 5.24. The summed E-state index contributed by atoms with van der Waals surface area (Å²) in [5, 5.41) is 14.1. The number of anilines is 1. The Morgan fingerprint density at radius 2 is 2.20 bits per heavy atom. The van der Waals surface area contributed by atoms with Crippen LogP contribution < -0.4 is 5.32 Å². The lowest BCUT2D eigenvalue weighted by Crippen LogP contribution is -2.13. The Kier molecular flexibility index (Phi) is 5.03. The summed E-state index contributed by atoms with van der Waals surface area (Å²) >= 11 is 0. The molecule has 1 rings (SSSR count). The zero-order valence-electron chi connectivity index (χ0n) is 9.60. The third-order valence-corrected chi connectivity index (χ3v) is 1.99. The molecule has 0 aliphatic carbocycles. The molecule has 0 aliphatic rings. The Balaban J connectivity index is 2.00. The van der Waals surface area contributed by atoms with Gasteiger partial charge in [-0.25, -0.2) is 4.68 Å². The van der Waals surface area contributed by atoms with E-state index < -0.39 is 0 Å². The normalized spacial score (nSPS) is 10.9. The first-order chi connectivity index (χ1) is 7.20. The molecule has 1 aromatic rings. The monoisotopic (exact) mass is 213 g/mol. The third-order valence-electron chi connectivity index (χ3n) is 1.99. The fourth-order valence-electron chi connectivity index (χ4n) is 1.04. The molecular weight excluding hydrogens is 194 g/mol. The van der Waals surface area contributed by atoms with Crippen LogP contribution in [0.2, 0.25) is 0 Å². The van der Waals surface area contributed by atoms with Crippen molar-refractivity contribution in [3.8, 4) is 0 Å². The van der Waals surface area contributed by atoms with Crippen molar-refractivity contribution in [1.29, 1.82) is 0 Å². The van der Waals surface area contributed by atoms with Gasteiger partial charge in [0.05, 0.1) is 6.61 Å². The van der Waals surface area contributed by atoms with Crippen LogP contribution in [0.3, 0.4) is 0 Å². The Hall–Kier alpha value is -1.17. The van der Waals surface area contributed by atoms with Gasteiger partial charge in [-0.3, -0.25) is 0 Å². The van der Waals surface area contributed by atoms with Gasteiger partial charge in [-0.1, -0.05) is 18.9 Å². The van der Waals surface area contributed by atoms with Crippen LogP contribution in [0.4, 0.5) is 5.95 Å². The quantitative estimate of drug-likeness (QED) is 0.675. The number of hydrogen-bond acceptors (Lipinski definition) is 5. The minimum atomic E-state index is 0.669. The smallest absolute Gasteiger partial charge is 0.242 e. The van der Waals surface area contributed by atoms with Gasteiger partial charge in [0, 0.05) is 20.2 Å².